The first-order valence-electron chi connectivity index (χ1n) is 4.36. The molecule has 4 nitrogen and oxygen atoms in total. The van der Waals surface area contributed by atoms with Crippen LogP contribution in [0.15, 0.2) is 5.03 Å². The molecule has 0 aliphatic heterocycles. The van der Waals surface area contributed by atoms with Gasteiger partial charge in [0.15, 0.2) is 0 Å². The topological polar surface area (TPSA) is 86.5 Å². The number of nitrogens with two attached hydrogens (primary N) is 1. The maximum absolute atomic E-state index is 9.02. The van der Waals surface area contributed by atoms with Gasteiger partial charge < -0.3 is 5.73 Å². The van der Waals surface area contributed by atoms with Crippen molar-refractivity contribution in [1.82, 2.24) is 4.98 Å². The summed E-state index contributed by atoms with van der Waals surface area (Å²) in [6.45, 7) is 1.89. The Kier molecular flexibility index (Phi) is 3.54. The number of anilines is 1. The number of hydrogen-bond acceptors (Lipinski definition) is 5. The van der Waals surface area contributed by atoms with E-state index < -0.39 is 0 Å². The van der Waals surface area contributed by atoms with Gasteiger partial charge in [-0.2, -0.15) is 10.5 Å². The molecule has 0 aliphatic rings. The molecule has 0 saturated carbocycles. The zero-order chi connectivity index (χ0) is 11.4. The van der Waals surface area contributed by atoms with E-state index in [0.717, 1.165) is 0 Å². The first-order chi connectivity index (χ1) is 7.19. The number of rotatable bonds is 2. The van der Waals surface area contributed by atoms with Crippen LogP contribution in [0.1, 0.15) is 23.6 Å². The highest BCUT2D eigenvalue weighted by Gasteiger charge is 2.16. The predicted octanol–water partition coefficient (Wildman–Crippen LogP) is 1.69. The lowest BCUT2D eigenvalue weighted by Gasteiger charge is -2.09. The summed E-state index contributed by atoms with van der Waals surface area (Å²) in [6.07, 6.45) is 2.43. The summed E-state index contributed by atoms with van der Waals surface area (Å²) in [7, 11) is 0. The average molecular weight is 218 g/mol. The Bertz CT molecular complexity index is 468. The van der Waals surface area contributed by atoms with Crippen molar-refractivity contribution < 1.29 is 0 Å². The molecule has 2 N–H and O–H groups in total. The molecule has 15 heavy (non-hydrogen) atoms. The van der Waals surface area contributed by atoms with Crippen LogP contribution in [0, 0.1) is 22.7 Å². The second-order valence-corrected chi connectivity index (χ2v) is 3.61. The van der Waals surface area contributed by atoms with E-state index in [9.17, 15) is 0 Å². The van der Waals surface area contributed by atoms with Gasteiger partial charge in [0.25, 0.3) is 0 Å². The number of aromatic nitrogens is 1. The Hall–Kier alpha value is -1.72. The number of nitriles is 2. The standard InChI is InChI=1S/C10H10N4S/c1-3-6-7(4-11)9(13)14-10(15-2)8(6)5-12/h3H2,1-2H3,(H2,13,14). The summed E-state index contributed by atoms with van der Waals surface area (Å²) in [5.74, 6) is 0.206. The summed E-state index contributed by atoms with van der Waals surface area (Å²) in [4.78, 5) is 4.04. The van der Waals surface area contributed by atoms with Crippen molar-refractivity contribution in [2.24, 2.45) is 0 Å². The molecule has 1 rings (SSSR count). The molecule has 76 valence electrons. The highest BCUT2D eigenvalue weighted by atomic mass is 32.2. The van der Waals surface area contributed by atoms with Crippen molar-refractivity contribution in [3.05, 3.63) is 16.7 Å². The van der Waals surface area contributed by atoms with Gasteiger partial charge in [-0.1, -0.05) is 6.92 Å². The Balaban J connectivity index is 3.63. The summed E-state index contributed by atoms with van der Waals surface area (Å²) in [6, 6.07) is 4.07. The molecule has 0 aliphatic carbocycles. The number of pyridine rings is 1. The summed E-state index contributed by atoms with van der Waals surface area (Å²) in [5.41, 5.74) is 7.14. The van der Waals surface area contributed by atoms with Crippen molar-refractivity contribution in [3.8, 4) is 12.1 Å². The molecule has 0 unspecified atom stereocenters. The molecule has 1 aromatic heterocycles. The molecule has 0 spiro atoms. The fourth-order valence-electron chi connectivity index (χ4n) is 1.37. The van der Waals surface area contributed by atoms with E-state index in [4.69, 9.17) is 16.3 Å². The zero-order valence-electron chi connectivity index (χ0n) is 8.53. The van der Waals surface area contributed by atoms with Crippen LogP contribution in [0.3, 0.4) is 0 Å². The molecule has 0 saturated heterocycles. The summed E-state index contributed by atoms with van der Waals surface area (Å²) in [5, 5.41) is 18.5. The van der Waals surface area contributed by atoms with E-state index in [2.05, 4.69) is 11.1 Å². The molecule has 0 amide bonds. The van der Waals surface area contributed by atoms with Crippen molar-refractivity contribution in [1.29, 1.82) is 10.5 Å². The van der Waals surface area contributed by atoms with Gasteiger partial charge >= 0.3 is 0 Å². The molecule has 0 fully saturated rings. The lowest BCUT2D eigenvalue weighted by Crippen LogP contribution is -2.04. The minimum Gasteiger partial charge on any atom is -0.383 e. The molecule has 5 heteroatoms. The molecule has 1 heterocycles. The van der Waals surface area contributed by atoms with Gasteiger partial charge in [0.05, 0.1) is 11.1 Å². The molecule has 0 bridgehead atoms. The minimum absolute atomic E-state index is 0.206. The summed E-state index contributed by atoms with van der Waals surface area (Å²) < 4.78 is 0. The second kappa shape index (κ2) is 4.68. The largest absolute Gasteiger partial charge is 0.383 e. The van der Waals surface area contributed by atoms with E-state index in [1.165, 1.54) is 11.8 Å². The molecule has 0 radical (unpaired) electrons. The van der Waals surface area contributed by atoms with Crippen LogP contribution < -0.4 is 5.73 Å². The molecule has 0 aromatic carbocycles. The molecule has 0 atom stereocenters. The molecule has 1 aromatic rings. The van der Waals surface area contributed by atoms with Crippen LogP contribution in [0.5, 0.6) is 0 Å². The van der Waals surface area contributed by atoms with Crippen molar-refractivity contribution in [2.45, 2.75) is 18.4 Å². The van der Waals surface area contributed by atoms with Gasteiger partial charge in [-0.15, -0.1) is 11.8 Å². The lowest BCUT2D eigenvalue weighted by molar-refractivity contribution is 1.03. The fraction of sp³-hybridized carbons (Fsp3) is 0.300. The van der Waals surface area contributed by atoms with E-state index in [-0.39, 0.29) is 5.82 Å². The van der Waals surface area contributed by atoms with Crippen LogP contribution in [-0.2, 0) is 6.42 Å². The van der Waals surface area contributed by atoms with E-state index >= 15 is 0 Å². The summed E-state index contributed by atoms with van der Waals surface area (Å²) >= 11 is 1.36. The lowest BCUT2D eigenvalue weighted by atomic mass is 10.0. The average Bonchev–Trinajstić information content (AvgIpc) is 2.27. The predicted molar refractivity (Wildman–Crippen MR) is 59.2 cm³/mol. The van der Waals surface area contributed by atoms with Crippen LogP contribution in [0.25, 0.3) is 0 Å². The van der Waals surface area contributed by atoms with Gasteiger partial charge in [0.1, 0.15) is 23.0 Å². The highest BCUT2D eigenvalue weighted by molar-refractivity contribution is 7.98. The van der Waals surface area contributed by atoms with E-state index in [1.807, 2.05) is 19.2 Å². The van der Waals surface area contributed by atoms with Gasteiger partial charge in [-0.05, 0) is 18.2 Å². The van der Waals surface area contributed by atoms with Gasteiger partial charge in [0, 0.05) is 0 Å². The smallest absolute Gasteiger partial charge is 0.143 e. The first kappa shape index (κ1) is 11.4. The minimum atomic E-state index is 0.206. The van der Waals surface area contributed by atoms with E-state index in [0.29, 0.717) is 28.1 Å². The van der Waals surface area contributed by atoms with Crippen molar-refractivity contribution >= 4 is 17.6 Å². The van der Waals surface area contributed by atoms with Gasteiger partial charge in [0.2, 0.25) is 0 Å². The van der Waals surface area contributed by atoms with Crippen LogP contribution in [-0.4, -0.2) is 11.2 Å². The zero-order valence-corrected chi connectivity index (χ0v) is 9.35. The number of nitrogen functional groups attached to an aromatic ring is 1. The normalized spacial score (nSPS) is 9.33. The third-order valence-corrected chi connectivity index (χ3v) is 2.75. The van der Waals surface area contributed by atoms with Crippen LogP contribution in [0.4, 0.5) is 5.82 Å². The van der Waals surface area contributed by atoms with Gasteiger partial charge in [-0.3, -0.25) is 0 Å². The first-order valence-corrected chi connectivity index (χ1v) is 5.58. The van der Waals surface area contributed by atoms with Crippen molar-refractivity contribution in [3.63, 3.8) is 0 Å². The maximum atomic E-state index is 9.02. The Labute approximate surface area is 92.7 Å². The Morgan fingerprint density at radius 3 is 2.33 bits per heavy atom. The third-order valence-electron chi connectivity index (χ3n) is 2.07. The van der Waals surface area contributed by atoms with Crippen LogP contribution >= 0.6 is 11.8 Å². The number of hydrogen-bond donors (Lipinski definition) is 1. The molecular weight excluding hydrogens is 208 g/mol. The monoisotopic (exact) mass is 218 g/mol. The molecular formula is C10H10N4S. The van der Waals surface area contributed by atoms with Gasteiger partial charge in [-0.25, -0.2) is 4.98 Å². The number of thioether (sulfide) groups is 1. The number of nitrogens with zero attached hydrogens (tertiary/aromatic N) is 3. The Morgan fingerprint density at radius 1 is 1.33 bits per heavy atom. The third kappa shape index (κ3) is 1.88. The Morgan fingerprint density at radius 2 is 1.93 bits per heavy atom. The highest BCUT2D eigenvalue weighted by Crippen LogP contribution is 2.27. The van der Waals surface area contributed by atoms with Crippen LogP contribution in [0.2, 0.25) is 0 Å². The van der Waals surface area contributed by atoms with E-state index in [1.54, 1.807) is 0 Å². The quantitative estimate of drug-likeness (QED) is 0.763. The van der Waals surface area contributed by atoms with Crippen molar-refractivity contribution in [2.75, 3.05) is 12.0 Å². The second-order valence-electron chi connectivity index (χ2n) is 2.81. The maximum Gasteiger partial charge on any atom is 0.143 e. The fourth-order valence-corrected chi connectivity index (χ4v) is 1.93. The SMILES string of the molecule is CCc1c(C#N)c(N)nc(SC)c1C#N.